The normalized spacial score (nSPS) is 10.6. The molecule has 16 heavy (non-hydrogen) atoms. The van der Waals surface area contributed by atoms with E-state index in [9.17, 15) is 8.42 Å². The summed E-state index contributed by atoms with van der Waals surface area (Å²) in [5, 5.41) is 0. The van der Waals surface area contributed by atoms with Crippen LogP contribution in [0.2, 0.25) is 0 Å². The van der Waals surface area contributed by atoms with E-state index in [0.29, 0.717) is 13.1 Å². The van der Waals surface area contributed by atoms with Gasteiger partial charge in [0.2, 0.25) is 10.0 Å². The summed E-state index contributed by atoms with van der Waals surface area (Å²) < 4.78 is 24.1. The Kier molecular flexibility index (Phi) is 4.50. The molecule has 0 heterocycles. The first-order chi connectivity index (χ1) is 7.51. The van der Waals surface area contributed by atoms with Gasteiger partial charge in [-0.05, 0) is 17.7 Å². The summed E-state index contributed by atoms with van der Waals surface area (Å²) in [6, 6.07) is 7.33. The Balaban J connectivity index is 2.65. The molecule has 0 unspecified atom stereocenters. The molecule has 5 heteroatoms. The lowest BCUT2D eigenvalue weighted by Crippen LogP contribution is -2.21. The first-order valence-electron chi connectivity index (χ1n) is 4.74. The molecular formula is C11H14N2O2S. The minimum atomic E-state index is -3.14. The van der Waals surface area contributed by atoms with E-state index in [1.54, 1.807) is 0 Å². The van der Waals surface area contributed by atoms with Gasteiger partial charge in [-0.25, -0.2) is 13.1 Å². The number of nitrogens with one attached hydrogen (secondary N) is 1. The number of nitrogens with two attached hydrogens (primary N) is 1. The van der Waals surface area contributed by atoms with E-state index in [4.69, 9.17) is 5.73 Å². The van der Waals surface area contributed by atoms with Crippen LogP contribution in [0.3, 0.4) is 0 Å². The summed E-state index contributed by atoms with van der Waals surface area (Å²) in [7, 11) is -3.14. The van der Waals surface area contributed by atoms with Gasteiger partial charge in [-0.2, -0.15) is 0 Å². The highest BCUT2D eigenvalue weighted by Crippen LogP contribution is 2.03. The largest absolute Gasteiger partial charge is 0.320 e. The third-order valence-electron chi connectivity index (χ3n) is 1.83. The zero-order valence-corrected chi connectivity index (χ0v) is 9.84. The highest BCUT2D eigenvalue weighted by atomic mass is 32.2. The summed E-state index contributed by atoms with van der Waals surface area (Å²) in [6.45, 7) is 0.626. The van der Waals surface area contributed by atoms with E-state index >= 15 is 0 Å². The van der Waals surface area contributed by atoms with Crippen molar-refractivity contribution in [1.82, 2.24) is 4.72 Å². The Morgan fingerprint density at radius 3 is 2.44 bits per heavy atom. The molecule has 1 aromatic rings. The van der Waals surface area contributed by atoms with Crippen molar-refractivity contribution >= 4 is 10.0 Å². The van der Waals surface area contributed by atoms with Crippen LogP contribution in [0.25, 0.3) is 0 Å². The van der Waals surface area contributed by atoms with Crippen LogP contribution in [0.5, 0.6) is 0 Å². The van der Waals surface area contributed by atoms with Crippen molar-refractivity contribution in [3.63, 3.8) is 0 Å². The lowest BCUT2D eigenvalue weighted by molar-refractivity contribution is 0.587. The lowest BCUT2D eigenvalue weighted by atomic mass is 10.1. The molecule has 0 aromatic heterocycles. The van der Waals surface area contributed by atoms with Crippen molar-refractivity contribution in [2.45, 2.75) is 6.54 Å². The van der Waals surface area contributed by atoms with Gasteiger partial charge in [-0.1, -0.05) is 24.0 Å². The van der Waals surface area contributed by atoms with Gasteiger partial charge in [-0.15, -0.1) is 0 Å². The Hall–Kier alpha value is -1.35. The monoisotopic (exact) mass is 238 g/mol. The number of sulfonamides is 1. The SMILES string of the molecule is CS(=O)(=O)NCc1ccc(C#CCN)cc1. The van der Waals surface area contributed by atoms with Crippen molar-refractivity contribution < 1.29 is 8.42 Å². The molecule has 0 bridgehead atoms. The Bertz CT molecular complexity index is 495. The average molecular weight is 238 g/mol. The number of rotatable bonds is 3. The fraction of sp³-hybridized carbons (Fsp3) is 0.273. The van der Waals surface area contributed by atoms with Gasteiger partial charge < -0.3 is 5.73 Å². The smallest absolute Gasteiger partial charge is 0.209 e. The second-order valence-corrected chi connectivity index (χ2v) is 5.13. The maximum atomic E-state index is 10.9. The van der Waals surface area contributed by atoms with E-state index in [1.807, 2.05) is 24.3 Å². The summed E-state index contributed by atoms with van der Waals surface area (Å²) in [6.07, 6.45) is 1.13. The first-order valence-corrected chi connectivity index (χ1v) is 6.63. The van der Waals surface area contributed by atoms with E-state index in [2.05, 4.69) is 16.6 Å². The molecule has 0 saturated carbocycles. The van der Waals surface area contributed by atoms with Gasteiger partial charge >= 0.3 is 0 Å². The molecule has 0 fully saturated rings. The fourth-order valence-corrected chi connectivity index (χ4v) is 1.50. The molecule has 0 aliphatic carbocycles. The van der Waals surface area contributed by atoms with Crippen molar-refractivity contribution in [1.29, 1.82) is 0 Å². The molecule has 86 valence electrons. The molecule has 4 nitrogen and oxygen atoms in total. The van der Waals surface area contributed by atoms with Gasteiger partial charge in [-0.3, -0.25) is 0 Å². The zero-order chi connectivity index (χ0) is 12.0. The number of benzene rings is 1. The second kappa shape index (κ2) is 5.66. The summed E-state index contributed by atoms with van der Waals surface area (Å²) in [5.41, 5.74) is 7.01. The minimum Gasteiger partial charge on any atom is -0.320 e. The minimum absolute atomic E-state index is 0.295. The Morgan fingerprint density at radius 1 is 1.31 bits per heavy atom. The summed E-state index contributed by atoms with van der Waals surface area (Å²) >= 11 is 0. The average Bonchev–Trinajstić information content (AvgIpc) is 2.24. The zero-order valence-electron chi connectivity index (χ0n) is 9.03. The van der Waals surface area contributed by atoms with Crippen molar-refractivity contribution in [3.8, 4) is 11.8 Å². The van der Waals surface area contributed by atoms with Crippen molar-refractivity contribution in [3.05, 3.63) is 35.4 Å². The Morgan fingerprint density at radius 2 is 1.94 bits per heavy atom. The molecule has 1 aromatic carbocycles. The molecule has 0 saturated heterocycles. The molecule has 0 spiro atoms. The maximum absolute atomic E-state index is 10.9. The van der Waals surface area contributed by atoms with Crippen LogP contribution >= 0.6 is 0 Å². The molecular weight excluding hydrogens is 224 g/mol. The number of hydrogen-bond donors (Lipinski definition) is 2. The van der Waals surface area contributed by atoms with Crippen LogP contribution in [0.15, 0.2) is 24.3 Å². The van der Waals surface area contributed by atoms with Crippen LogP contribution in [0, 0.1) is 11.8 Å². The van der Waals surface area contributed by atoms with Gasteiger partial charge in [0, 0.05) is 12.1 Å². The van der Waals surface area contributed by atoms with Crippen LogP contribution in [-0.4, -0.2) is 21.2 Å². The number of hydrogen-bond acceptors (Lipinski definition) is 3. The van der Waals surface area contributed by atoms with Gasteiger partial charge in [0.1, 0.15) is 0 Å². The van der Waals surface area contributed by atoms with Crippen molar-refractivity contribution in [2.75, 3.05) is 12.8 Å². The molecule has 0 atom stereocenters. The van der Waals surface area contributed by atoms with E-state index in [0.717, 1.165) is 17.4 Å². The van der Waals surface area contributed by atoms with Gasteiger partial charge in [0.15, 0.2) is 0 Å². The van der Waals surface area contributed by atoms with Gasteiger partial charge in [0.05, 0.1) is 12.8 Å². The molecule has 3 N–H and O–H groups in total. The van der Waals surface area contributed by atoms with E-state index < -0.39 is 10.0 Å². The highest BCUT2D eigenvalue weighted by Gasteiger charge is 2.00. The van der Waals surface area contributed by atoms with Crippen LogP contribution in [0.1, 0.15) is 11.1 Å². The quantitative estimate of drug-likeness (QED) is 0.731. The summed E-state index contributed by atoms with van der Waals surface area (Å²) in [4.78, 5) is 0. The van der Waals surface area contributed by atoms with Gasteiger partial charge in [0.25, 0.3) is 0 Å². The highest BCUT2D eigenvalue weighted by molar-refractivity contribution is 7.88. The third-order valence-corrected chi connectivity index (χ3v) is 2.50. The predicted octanol–water partition coefficient (Wildman–Crippen LogP) is 0.0460. The molecule has 1 rings (SSSR count). The van der Waals surface area contributed by atoms with Crippen LogP contribution < -0.4 is 10.5 Å². The molecule has 0 aliphatic rings. The topological polar surface area (TPSA) is 72.2 Å². The third kappa shape index (κ3) is 4.94. The Labute approximate surface area is 95.9 Å². The van der Waals surface area contributed by atoms with E-state index in [-0.39, 0.29) is 0 Å². The summed E-state index contributed by atoms with van der Waals surface area (Å²) in [5.74, 6) is 5.64. The first kappa shape index (κ1) is 12.7. The van der Waals surface area contributed by atoms with E-state index in [1.165, 1.54) is 0 Å². The lowest BCUT2D eigenvalue weighted by Gasteiger charge is -2.02. The second-order valence-electron chi connectivity index (χ2n) is 3.30. The van der Waals surface area contributed by atoms with Crippen LogP contribution in [0.4, 0.5) is 0 Å². The van der Waals surface area contributed by atoms with Crippen LogP contribution in [-0.2, 0) is 16.6 Å². The fourth-order valence-electron chi connectivity index (χ4n) is 1.07. The van der Waals surface area contributed by atoms with Crippen molar-refractivity contribution in [2.24, 2.45) is 5.73 Å². The predicted molar refractivity (Wildman–Crippen MR) is 64.1 cm³/mol. The molecule has 0 aliphatic heterocycles. The maximum Gasteiger partial charge on any atom is 0.209 e. The standard InChI is InChI=1S/C11H14N2O2S/c1-16(14,15)13-9-11-6-4-10(5-7-11)3-2-8-12/h4-7,13H,8-9,12H2,1H3. The molecule has 0 radical (unpaired) electrons. The molecule has 0 amide bonds.